The van der Waals surface area contributed by atoms with E-state index in [1.807, 2.05) is 29.9 Å². The van der Waals surface area contributed by atoms with E-state index in [-0.39, 0.29) is 6.04 Å². The Bertz CT molecular complexity index is 459. The summed E-state index contributed by atoms with van der Waals surface area (Å²) in [6, 6.07) is 7.99. The molecule has 0 aliphatic carbocycles. The summed E-state index contributed by atoms with van der Waals surface area (Å²) < 4.78 is 1.96. The highest BCUT2D eigenvalue weighted by Gasteiger charge is 2.14. The zero-order valence-electron chi connectivity index (χ0n) is 9.01. The molecule has 3 nitrogen and oxygen atoms in total. The van der Waals surface area contributed by atoms with Crippen LogP contribution in [0.1, 0.15) is 23.0 Å². The molecule has 1 atom stereocenters. The zero-order valence-corrected chi connectivity index (χ0v) is 9.01. The average Bonchev–Trinajstić information content (AvgIpc) is 2.64. The van der Waals surface area contributed by atoms with Crippen LogP contribution in [0, 0.1) is 6.92 Å². The SMILES string of the molecule is Cc1ccccc1C(N)c1nccn1C. The number of hydrogen-bond acceptors (Lipinski definition) is 2. The van der Waals surface area contributed by atoms with Crippen molar-refractivity contribution in [2.45, 2.75) is 13.0 Å². The Morgan fingerprint density at radius 2 is 2.07 bits per heavy atom. The molecular formula is C12H15N3. The van der Waals surface area contributed by atoms with Gasteiger partial charge in [-0.1, -0.05) is 24.3 Å². The second-order valence-corrected chi connectivity index (χ2v) is 3.73. The van der Waals surface area contributed by atoms with Gasteiger partial charge in [0.05, 0.1) is 6.04 Å². The Morgan fingerprint density at radius 3 is 2.67 bits per heavy atom. The minimum Gasteiger partial charge on any atom is -0.336 e. The predicted molar refractivity (Wildman–Crippen MR) is 60.4 cm³/mol. The highest BCUT2D eigenvalue weighted by atomic mass is 15.1. The van der Waals surface area contributed by atoms with Gasteiger partial charge in [-0.3, -0.25) is 0 Å². The third-order valence-electron chi connectivity index (χ3n) is 2.66. The van der Waals surface area contributed by atoms with Crippen LogP contribution in [-0.4, -0.2) is 9.55 Å². The number of hydrogen-bond donors (Lipinski definition) is 1. The minimum absolute atomic E-state index is 0.147. The van der Waals surface area contributed by atoms with Crippen LogP contribution < -0.4 is 5.73 Å². The van der Waals surface area contributed by atoms with Crippen molar-refractivity contribution in [3.8, 4) is 0 Å². The summed E-state index contributed by atoms with van der Waals surface area (Å²) in [5.74, 6) is 0.893. The van der Waals surface area contributed by atoms with Crippen LogP contribution in [0.3, 0.4) is 0 Å². The average molecular weight is 201 g/mol. The van der Waals surface area contributed by atoms with Crippen molar-refractivity contribution in [2.24, 2.45) is 12.8 Å². The molecule has 0 saturated carbocycles. The zero-order chi connectivity index (χ0) is 10.8. The summed E-state index contributed by atoms with van der Waals surface area (Å²) in [7, 11) is 1.96. The largest absolute Gasteiger partial charge is 0.336 e. The second kappa shape index (κ2) is 3.87. The van der Waals surface area contributed by atoms with Crippen molar-refractivity contribution in [3.05, 3.63) is 53.6 Å². The van der Waals surface area contributed by atoms with Gasteiger partial charge in [0, 0.05) is 19.4 Å². The first kappa shape index (κ1) is 9.93. The van der Waals surface area contributed by atoms with Gasteiger partial charge in [0.1, 0.15) is 5.82 Å². The molecule has 0 amide bonds. The summed E-state index contributed by atoms with van der Waals surface area (Å²) in [4.78, 5) is 4.27. The molecule has 1 aromatic carbocycles. The van der Waals surface area contributed by atoms with Crippen LogP contribution in [0.15, 0.2) is 36.7 Å². The van der Waals surface area contributed by atoms with Gasteiger partial charge < -0.3 is 10.3 Å². The highest BCUT2D eigenvalue weighted by molar-refractivity contribution is 5.32. The lowest BCUT2D eigenvalue weighted by molar-refractivity contribution is 0.713. The van der Waals surface area contributed by atoms with E-state index >= 15 is 0 Å². The number of aryl methyl sites for hydroxylation is 2. The van der Waals surface area contributed by atoms with Gasteiger partial charge in [0.15, 0.2) is 0 Å². The lowest BCUT2D eigenvalue weighted by atomic mass is 10.0. The quantitative estimate of drug-likeness (QED) is 0.804. The molecular weight excluding hydrogens is 186 g/mol. The first-order valence-corrected chi connectivity index (χ1v) is 4.98. The van der Waals surface area contributed by atoms with Crippen molar-refractivity contribution in [2.75, 3.05) is 0 Å². The number of benzene rings is 1. The predicted octanol–water partition coefficient (Wildman–Crippen LogP) is 1.78. The molecule has 0 aliphatic rings. The maximum atomic E-state index is 6.18. The Kier molecular flexibility index (Phi) is 2.56. The van der Waals surface area contributed by atoms with Crippen LogP contribution in [0.4, 0.5) is 0 Å². The standard InChI is InChI=1S/C12H15N3/c1-9-5-3-4-6-10(9)11(13)12-14-7-8-15(12)2/h3-8,11H,13H2,1-2H3. The molecule has 0 radical (unpaired) electrons. The summed E-state index contributed by atoms with van der Waals surface area (Å²) in [5.41, 5.74) is 8.51. The summed E-state index contributed by atoms with van der Waals surface area (Å²) >= 11 is 0. The Labute approximate surface area is 89.6 Å². The van der Waals surface area contributed by atoms with Crippen LogP contribution in [0.5, 0.6) is 0 Å². The Hall–Kier alpha value is -1.61. The number of nitrogens with two attached hydrogens (primary N) is 1. The molecule has 0 bridgehead atoms. The minimum atomic E-state index is -0.147. The van der Waals surface area contributed by atoms with E-state index in [1.165, 1.54) is 5.56 Å². The van der Waals surface area contributed by atoms with E-state index < -0.39 is 0 Å². The van der Waals surface area contributed by atoms with Gasteiger partial charge in [-0.2, -0.15) is 0 Å². The first-order valence-electron chi connectivity index (χ1n) is 4.98. The molecule has 1 heterocycles. The fraction of sp³-hybridized carbons (Fsp3) is 0.250. The molecule has 3 heteroatoms. The van der Waals surface area contributed by atoms with Crippen molar-refractivity contribution in [3.63, 3.8) is 0 Å². The highest BCUT2D eigenvalue weighted by Crippen LogP contribution is 2.20. The molecule has 2 N–H and O–H groups in total. The first-order chi connectivity index (χ1) is 7.20. The Balaban J connectivity index is 2.41. The lowest BCUT2D eigenvalue weighted by Crippen LogP contribution is -2.17. The van der Waals surface area contributed by atoms with E-state index in [0.29, 0.717) is 0 Å². The lowest BCUT2D eigenvalue weighted by Gasteiger charge is -2.14. The topological polar surface area (TPSA) is 43.8 Å². The van der Waals surface area contributed by atoms with E-state index in [2.05, 4.69) is 24.0 Å². The second-order valence-electron chi connectivity index (χ2n) is 3.73. The van der Waals surface area contributed by atoms with E-state index in [1.54, 1.807) is 6.20 Å². The third-order valence-corrected chi connectivity index (χ3v) is 2.66. The normalized spacial score (nSPS) is 12.7. The van der Waals surface area contributed by atoms with Crippen molar-refractivity contribution < 1.29 is 0 Å². The molecule has 0 fully saturated rings. The van der Waals surface area contributed by atoms with Crippen molar-refractivity contribution in [1.29, 1.82) is 0 Å². The van der Waals surface area contributed by atoms with E-state index in [0.717, 1.165) is 11.4 Å². The van der Waals surface area contributed by atoms with Crippen LogP contribution >= 0.6 is 0 Å². The summed E-state index contributed by atoms with van der Waals surface area (Å²) in [6.45, 7) is 2.07. The smallest absolute Gasteiger partial charge is 0.129 e. The van der Waals surface area contributed by atoms with E-state index in [4.69, 9.17) is 5.73 Å². The van der Waals surface area contributed by atoms with Crippen molar-refractivity contribution >= 4 is 0 Å². The number of nitrogens with zero attached hydrogens (tertiary/aromatic N) is 2. The molecule has 0 aliphatic heterocycles. The number of imidazole rings is 1. The molecule has 78 valence electrons. The van der Waals surface area contributed by atoms with E-state index in [9.17, 15) is 0 Å². The van der Waals surface area contributed by atoms with Gasteiger partial charge in [-0.05, 0) is 18.1 Å². The summed E-state index contributed by atoms with van der Waals surface area (Å²) in [6.07, 6.45) is 3.68. The van der Waals surface area contributed by atoms with Gasteiger partial charge in [-0.15, -0.1) is 0 Å². The maximum Gasteiger partial charge on any atom is 0.129 e. The monoisotopic (exact) mass is 201 g/mol. The van der Waals surface area contributed by atoms with Crippen LogP contribution in [-0.2, 0) is 7.05 Å². The third kappa shape index (κ3) is 1.78. The molecule has 2 rings (SSSR count). The Morgan fingerprint density at radius 1 is 1.33 bits per heavy atom. The van der Waals surface area contributed by atoms with Gasteiger partial charge in [0.25, 0.3) is 0 Å². The van der Waals surface area contributed by atoms with Crippen LogP contribution in [0.25, 0.3) is 0 Å². The summed E-state index contributed by atoms with van der Waals surface area (Å²) in [5, 5.41) is 0. The van der Waals surface area contributed by atoms with Crippen molar-refractivity contribution in [1.82, 2.24) is 9.55 Å². The maximum absolute atomic E-state index is 6.18. The van der Waals surface area contributed by atoms with Crippen LogP contribution in [0.2, 0.25) is 0 Å². The molecule has 1 unspecified atom stereocenters. The fourth-order valence-electron chi connectivity index (χ4n) is 1.75. The molecule has 15 heavy (non-hydrogen) atoms. The fourth-order valence-corrected chi connectivity index (χ4v) is 1.75. The molecule has 1 aromatic heterocycles. The van der Waals surface area contributed by atoms with Gasteiger partial charge >= 0.3 is 0 Å². The number of rotatable bonds is 2. The van der Waals surface area contributed by atoms with Gasteiger partial charge in [0.2, 0.25) is 0 Å². The molecule has 0 saturated heterocycles. The number of aromatic nitrogens is 2. The van der Waals surface area contributed by atoms with Gasteiger partial charge in [-0.25, -0.2) is 4.98 Å². The molecule has 2 aromatic rings. The molecule has 0 spiro atoms.